The fourth-order valence-electron chi connectivity index (χ4n) is 6.67. The number of nitrogens with one attached hydrogen (secondary N) is 2. The first-order valence-electron chi connectivity index (χ1n) is 15.3. The number of H-pyrrole nitrogens is 1. The summed E-state index contributed by atoms with van der Waals surface area (Å²) in [6, 6.07) is 12.5. The molecule has 5 rings (SSSR count). The molecule has 12 heteroatoms. The number of carbonyl (C=O) groups is 3. The van der Waals surface area contributed by atoms with Gasteiger partial charge in [-0.3, -0.25) is 14.4 Å². The van der Waals surface area contributed by atoms with Crippen LogP contribution < -0.4 is 10.2 Å². The summed E-state index contributed by atoms with van der Waals surface area (Å²) in [5, 5.41) is 4.58. The van der Waals surface area contributed by atoms with Crippen LogP contribution in [0.4, 0.5) is 18.9 Å². The number of carbonyl (C=O) groups excluding carboxylic acids is 3. The number of para-hydroxylation sites is 1. The third-order valence-electron chi connectivity index (χ3n) is 8.83. The summed E-state index contributed by atoms with van der Waals surface area (Å²) < 4.78 is 38.5. The number of halogens is 4. The molecule has 2 aliphatic heterocycles. The van der Waals surface area contributed by atoms with Gasteiger partial charge in [0.15, 0.2) is 0 Å². The Morgan fingerprint density at radius 3 is 2.53 bits per heavy atom. The van der Waals surface area contributed by atoms with Gasteiger partial charge in [-0.2, -0.15) is 13.2 Å². The Balaban J connectivity index is 1.32. The lowest BCUT2D eigenvalue weighted by atomic mass is 9.90. The normalized spacial score (nSPS) is 18.2. The zero-order valence-electron chi connectivity index (χ0n) is 25.5. The van der Waals surface area contributed by atoms with Gasteiger partial charge in [-0.05, 0) is 87.0 Å². The molecule has 1 saturated heterocycles. The highest BCUT2D eigenvalue weighted by Gasteiger charge is 2.43. The highest BCUT2D eigenvalue weighted by atomic mass is 35.5. The molecular formula is C33H39ClF3N5O3. The Hall–Kier alpha value is -3.57. The Kier molecular flexibility index (Phi) is 10.1. The fraction of sp³-hybridized carbons (Fsp3) is 0.485. The molecule has 45 heavy (non-hydrogen) atoms. The van der Waals surface area contributed by atoms with E-state index in [9.17, 15) is 27.6 Å². The highest BCUT2D eigenvalue weighted by Crippen LogP contribution is 2.33. The summed E-state index contributed by atoms with van der Waals surface area (Å²) in [6.07, 6.45) is -0.567. The second-order valence-electron chi connectivity index (χ2n) is 12.5. The predicted molar refractivity (Wildman–Crippen MR) is 168 cm³/mol. The Bertz CT molecular complexity index is 1530. The van der Waals surface area contributed by atoms with Gasteiger partial charge in [-0.15, -0.1) is 0 Å². The standard InChI is InChI=1S/C33H39ClF3N5O3/c1-40(2)19-22-15-23-16-25(34)8-9-29(23)42(20-22)31(44)28(17-24-18-38-27-6-4-3-5-26(24)27)39-30(43)10-7-21-11-13-41(14-12-21)32(45)33(35,36)37/h3-6,8-9,16,18,21-22,28,38H,7,10-15,17,19-20H2,1-2H3,(H,39,43)/t22-,28-/m1/s1. The molecule has 3 aromatic rings. The molecule has 2 atom stereocenters. The third-order valence-corrected chi connectivity index (χ3v) is 9.06. The summed E-state index contributed by atoms with van der Waals surface area (Å²) in [5.74, 6) is -2.12. The molecule has 2 N–H and O–H groups in total. The van der Waals surface area contributed by atoms with Crippen molar-refractivity contribution in [2.75, 3.05) is 45.2 Å². The number of hydrogen-bond acceptors (Lipinski definition) is 4. The molecule has 2 aromatic carbocycles. The number of amides is 3. The first-order valence-corrected chi connectivity index (χ1v) is 15.7. The number of fused-ring (bicyclic) bond motifs is 2. The van der Waals surface area contributed by atoms with Crippen LogP contribution in [0.15, 0.2) is 48.7 Å². The average Bonchev–Trinajstić information content (AvgIpc) is 3.40. The quantitative estimate of drug-likeness (QED) is 0.335. The minimum absolute atomic E-state index is 0.0127. The molecule has 8 nitrogen and oxygen atoms in total. The lowest BCUT2D eigenvalue weighted by molar-refractivity contribution is -0.186. The number of aromatic amines is 1. The van der Waals surface area contributed by atoms with E-state index < -0.39 is 18.1 Å². The van der Waals surface area contributed by atoms with Crippen molar-refractivity contribution < 1.29 is 27.6 Å². The maximum Gasteiger partial charge on any atom is 0.471 e. The van der Waals surface area contributed by atoms with E-state index in [1.807, 2.05) is 56.7 Å². The van der Waals surface area contributed by atoms with Crippen molar-refractivity contribution in [1.82, 2.24) is 20.1 Å². The number of nitrogens with zero attached hydrogens (tertiary/aromatic N) is 3. The molecule has 0 unspecified atom stereocenters. The Morgan fingerprint density at radius 1 is 1.09 bits per heavy atom. The number of alkyl halides is 3. The van der Waals surface area contributed by atoms with E-state index >= 15 is 0 Å². The summed E-state index contributed by atoms with van der Waals surface area (Å²) in [7, 11) is 4.00. The van der Waals surface area contributed by atoms with Gasteiger partial charge in [0, 0.05) is 66.8 Å². The molecule has 0 bridgehead atoms. The number of benzene rings is 2. The number of hydrogen-bond donors (Lipinski definition) is 2. The summed E-state index contributed by atoms with van der Waals surface area (Å²) >= 11 is 6.34. The highest BCUT2D eigenvalue weighted by molar-refractivity contribution is 6.30. The number of rotatable bonds is 9. The number of likely N-dealkylation sites (tertiary alicyclic amines) is 1. The van der Waals surface area contributed by atoms with Gasteiger partial charge in [0.05, 0.1) is 0 Å². The van der Waals surface area contributed by atoms with Gasteiger partial charge < -0.3 is 25.0 Å². The zero-order valence-corrected chi connectivity index (χ0v) is 26.3. The fourth-order valence-corrected chi connectivity index (χ4v) is 6.87. The number of aromatic nitrogens is 1. The summed E-state index contributed by atoms with van der Waals surface area (Å²) in [4.78, 5) is 47.3. The van der Waals surface area contributed by atoms with Crippen LogP contribution in [0, 0.1) is 11.8 Å². The molecule has 0 aliphatic carbocycles. The molecule has 0 radical (unpaired) electrons. The van der Waals surface area contributed by atoms with Crippen molar-refractivity contribution >= 4 is 45.9 Å². The molecule has 0 saturated carbocycles. The second kappa shape index (κ2) is 13.8. The van der Waals surface area contributed by atoms with Gasteiger partial charge in [0.25, 0.3) is 0 Å². The minimum atomic E-state index is -4.88. The summed E-state index contributed by atoms with van der Waals surface area (Å²) in [6.45, 7) is 1.31. The van der Waals surface area contributed by atoms with Gasteiger partial charge in [0.1, 0.15) is 6.04 Å². The van der Waals surface area contributed by atoms with E-state index in [1.54, 1.807) is 11.0 Å². The first kappa shape index (κ1) is 32.8. The second-order valence-corrected chi connectivity index (χ2v) is 12.9. The third kappa shape index (κ3) is 7.99. The van der Waals surface area contributed by atoms with E-state index in [4.69, 9.17) is 11.6 Å². The molecule has 0 spiro atoms. The van der Waals surface area contributed by atoms with Crippen molar-refractivity contribution in [2.24, 2.45) is 11.8 Å². The molecule has 2 aliphatic rings. The van der Waals surface area contributed by atoms with Crippen LogP contribution in [-0.2, 0) is 27.2 Å². The van der Waals surface area contributed by atoms with Gasteiger partial charge >= 0.3 is 12.1 Å². The van der Waals surface area contributed by atoms with Crippen LogP contribution in [0.3, 0.4) is 0 Å². The van der Waals surface area contributed by atoms with Crippen molar-refractivity contribution in [2.45, 2.75) is 50.7 Å². The van der Waals surface area contributed by atoms with Gasteiger partial charge in [-0.1, -0.05) is 29.8 Å². The van der Waals surface area contributed by atoms with Gasteiger partial charge in [0.2, 0.25) is 11.8 Å². The van der Waals surface area contributed by atoms with Crippen LogP contribution in [-0.4, -0.2) is 85.0 Å². The molecule has 3 amide bonds. The van der Waals surface area contributed by atoms with Crippen molar-refractivity contribution in [1.29, 1.82) is 0 Å². The number of piperidine rings is 1. The topological polar surface area (TPSA) is 88.8 Å². The maximum atomic E-state index is 14.4. The van der Waals surface area contributed by atoms with Crippen LogP contribution in [0.25, 0.3) is 10.9 Å². The SMILES string of the molecule is CN(C)C[C@H]1Cc2cc(Cl)ccc2N(C(=O)[C@@H](Cc2c[nH]c3ccccc23)NC(=O)CCC2CCN(C(=O)C(F)(F)F)CC2)C1. The zero-order chi connectivity index (χ0) is 32.3. The molecule has 3 heterocycles. The Labute approximate surface area is 265 Å². The van der Waals surface area contributed by atoms with Gasteiger partial charge in [-0.25, -0.2) is 0 Å². The largest absolute Gasteiger partial charge is 0.471 e. The van der Waals surface area contributed by atoms with Crippen molar-refractivity contribution in [3.8, 4) is 0 Å². The van der Waals surface area contributed by atoms with Crippen LogP contribution in [0.1, 0.15) is 36.8 Å². The summed E-state index contributed by atoms with van der Waals surface area (Å²) in [5.41, 5.74) is 3.62. The smallest absolute Gasteiger partial charge is 0.361 e. The first-order chi connectivity index (χ1) is 21.4. The van der Waals surface area contributed by atoms with Crippen LogP contribution >= 0.6 is 11.6 Å². The van der Waals surface area contributed by atoms with Crippen LogP contribution in [0.5, 0.6) is 0 Å². The van der Waals surface area contributed by atoms with E-state index in [-0.39, 0.29) is 49.6 Å². The van der Waals surface area contributed by atoms with E-state index in [0.29, 0.717) is 30.8 Å². The molecule has 1 fully saturated rings. The van der Waals surface area contributed by atoms with Crippen LogP contribution in [0.2, 0.25) is 5.02 Å². The van der Waals surface area contributed by atoms with E-state index in [0.717, 1.165) is 45.6 Å². The monoisotopic (exact) mass is 645 g/mol. The minimum Gasteiger partial charge on any atom is -0.361 e. The Morgan fingerprint density at radius 2 is 1.82 bits per heavy atom. The average molecular weight is 646 g/mol. The predicted octanol–water partition coefficient (Wildman–Crippen LogP) is 5.20. The van der Waals surface area contributed by atoms with E-state index in [2.05, 4.69) is 15.2 Å². The molecular weight excluding hydrogens is 607 g/mol. The molecule has 242 valence electrons. The van der Waals surface area contributed by atoms with Crippen molar-refractivity contribution in [3.05, 3.63) is 64.8 Å². The molecule has 1 aromatic heterocycles. The number of anilines is 1. The lowest BCUT2D eigenvalue weighted by Crippen LogP contribution is -2.53. The van der Waals surface area contributed by atoms with Crippen molar-refractivity contribution in [3.63, 3.8) is 0 Å². The lowest BCUT2D eigenvalue weighted by Gasteiger charge is -2.37. The van der Waals surface area contributed by atoms with E-state index in [1.165, 1.54) is 0 Å². The maximum absolute atomic E-state index is 14.4.